The zero-order chi connectivity index (χ0) is 5.70. The summed E-state index contributed by atoms with van der Waals surface area (Å²) in [5.74, 6) is 0. The molecule has 7 heavy (non-hydrogen) atoms. The summed E-state index contributed by atoms with van der Waals surface area (Å²) in [6.45, 7) is 12.3. The molecule has 0 aliphatic rings. The molecule has 1 nitrogen and oxygen atoms in total. The van der Waals surface area contributed by atoms with Crippen LogP contribution in [0.15, 0.2) is 0 Å². The van der Waals surface area contributed by atoms with Gasteiger partial charge in [-0.2, -0.15) is 0 Å². The Morgan fingerprint density at radius 1 is 1.29 bits per heavy atom. The van der Waals surface area contributed by atoms with Gasteiger partial charge in [0, 0.05) is 6.54 Å². The fourth-order valence-electron chi connectivity index (χ4n) is 0.428. The van der Waals surface area contributed by atoms with Crippen LogP contribution in [-0.2, 0) is 0 Å². The van der Waals surface area contributed by atoms with Crippen LogP contribution < -0.4 is 0 Å². The van der Waals surface area contributed by atoms with Gasteiger partial charge in [-0.25, -0.2) is 4.90 Å². The molecule has 0 aliphatic carbocycles. The van der Waals surface area contributed by atoms with Crippen LogP contribution in [0.25, 0.3) is 0 Å². The minimum absolute atomic E-state index is 0.875. The number of nitrogens with zero attached hydrogens (tertiary/aromatic N) is 1. The lowest BCUT2D eigenvalue weighted by atomic mass is 10.5. The largest absolute Gasteiger partial charge is 0.227 e. The van der Waals surface area contributed by atoms with E-state index in [1.165, 1.54) is 0 Å². The van der Waals surface area contributed by atoms with Crippen molar-refractivity contribution in [3.05, 3.63) is 13.8 Å². The Morgan fingerprint density at radius 2 is 1.71 bits per heavy atom. The lowest BCUT2D eigenvalue weighted by Crippen LogP contribution is -2.22. The van der Waals surface area contributed by atoms with Gasteiger partial charge in [0.1, 0.15) is 13.1 Å². The third kappa shape index (κ3) is 2.40. The summed E-state index contributed by atoms with van der Waals surface area (Å²) in [5, 5.41) is 0. The van der Waals surface area contributed by atoms with Crippen molar-refractivity contribution in [3.8, 4) is 0 Å². The zero-order valence-corrected chi connectivity index (χ0v) is 4.98. The molecule has 0 fully saturated rings. The maximum Gasteiger partial charge on any atom is 0.142 e. The van der Waals surface area contributed by atoms with Crippen molar-refractivity contribution in [1.29, 1.82) is 0 Å². The second-order valence-electron chi connectivity index (χ2n) is 1.43. The molecule has 0 aromatic carbocycles. The molecule has 0 N–H and O–H groups in total. The van der Waals surface area contributed by atoms with Crippen LogP contribution in [0.5, 0.6) is 0 Å². The smallest absolute Gasteiger partial charge is 0.142 e. The highest BCUT2D eigenvalue weighted by molar-refractivity contribution is 4.55. The highest BCUT2D eigenvalue weighted by atomic mass is 15.1. The van der Waals surface area contributed by atoms with Crippen molar-refractivity contribution in [1.82, 2.24) is 4.90 Å². The Labute approximate surface area is 46.3 Å². The van der Waals surface area contributed by atoms with Crippen molar-refractivity contribution >= 4 is 0 Å². The molecule has 0 aromatic heterocycles. The first-order chi connectivity index (χ1) is 3.35. The Morgan fingerprint density at radius 3 is 1.71 bits per heavy atom. The van der Waals surface area contributed by atoms with Gasteiger partial charge < -0.3 is 0 Å². The van der Waals surface area contributed by atoms with E-state index in [4.69, 9.17) is 0 Å². The van der Waals surface area contributed by atoms with Crippen LogP contribution in [0.1, 0.15) is 6.92 Å². The van der Waals surface area contributed by atoms with E-state index in [1.54, 1.807) is 0 Å². The van der Waals surface area contributed by atoms with Gasteiger partial charge in [0.2, 0.25) is 0 Å². The number of hydrogen-bond acceptors (Lipinski definition) is 1. The Kier molecular flexibility index (Phi) is 3.71. The molecule has 0 radical (unpaired) electrons. The van der Waals surface area contributed by atoms with Gasteiger partial charge in [0.05, 0.1) is 13.8 Å². The fourth-order valence-corrected chi connectivity index (χ4v) is 0.428. The molecule has 0 saturated carbocycles. The lowest BCUT2D eigenvalue weighted by molar-refractivity contribution is 0.351. The average molecular weight is 99.2 g/mol. The maximum absolute atomic E-state index is 3.71. The van der Waals surface area contributed by atoms with Crippen molar-refractivity contribution in [2.75, 3.05) is 19.6 Å². The van der Waals surface area contributed by atoms with Gasteiger partial charge in [-0.1, -0.05) is 6.92 Å². The summed E-state index contributed by atoms with van der Waals surface area (Å²) in [4.78, 5) is 2.15. The topological polar surface area (TPSA) is 3.24 Å². The lowest BCUT2D eigenvalue weighted by Gasteiger charge is -2.04. The third-order valence-corrected chi connectivity index (χ3v) is 1.08. The van der Waals surface area contributed by atoms with E-state index in [1.807, 2.05) is 0 Å². The SMILES string of the molecule is [CH2+]CN(C[CH2+])CC. The first-order valence-electron chi connectivity index (χ1n) is 2.66. The summed E-state index contributed by atoms with van der Waals surface area (Å²) in [7, 11) is 0. The monoisotopic (exact) mass is 99.1 g/mol. The summed E-state index contributed by atoms with van der Waals surface area (Å²) in [6.07, 6.45) is 0. The van der Waals surface area contributed by atoms with Crippen LogP contribution in [0.2, 0.25) is 0 Å². The minimum atomic E-state index is 0.875. The molecule has 0 aliphatic heterocycles. The van der Waals surface area contributed by atoms with E-state index in [0.29, 0.717) is 0 Å². The van der Waals surface area contributed by atoms with Crippen LogP contribution in [0.4, 0.5) is 0 Å². The van der Waals surface area contributed by atoms with Crippen molar-refractivity contribution < 1.29 is 0 Å². The molecular weight excluding hydrogens is 86.1 g/mol. The fraction of sp³-hybridized carbons (Fsp3) is 0.667. The molecule has 0 unspecified atom stereocenters. The summed E-state index contributed by atoms with van der Waals surface area (Å²) < 4.78 is 0. The van der Waals surface area contributed by atoms with E-state index in [0.717, 1.165) is 19.6 Å². The minimum Gasteiger partial charge on any atom is -0.227 e. The molecule has 0 bridgehead atoms. The predicted molar refractivity (Wildman–Crippen MR) is 32.8 cm³/mol. The zero-order valence-electron chi connectivity index (χ0n) is 4.98. The normalized spacial score (nSPS) is 10.0. The molecular formula is C6H13N+2. The Hall–Kier alpha value is -0.300. The summed E-state index contributed by atoms with van der Waals surface area (Å²) in [5.41, 5.74) is 0. The second kappa shape index (κ2) is 3.88. The first kappa shape index (κ1) is 6.70. The van der Waals surface area contributed by atoms with Crippen LogP contribution in [-0.4, -0.2) is 24.5 Å². The quantitative estimate of drug-likeness (QED) is 0.477. The first-order valence-corrected chi connectivity index (χ1v) is 2.66. The number of rotatable bonds is 3. The van der Waals surface area contributed by atoms with Crippen LogP contribution >= 0.6 is 0 Å². The average Bonchev–Trinajstić information content (AvgIpc) is 1.72. The van der Waals surface area contributed by atoms with Crippen LogP contribution in [0.3, 0.4) is 0 Å². The molecule has 0 saturated heterocycles. The van der Waals surface area contributed by atoms with E-state index in [-0.39, 0.29) is 0 Å². The highest BCUT2D eigenvalue weighted by Gasteiger charge is 1.98. The standard InChI is InChI=1S/C6H13N/c1-4-7(5-2)6-3/h1-2,4-6H2,3H3/q+2. The Balaban J connectivity index is 2.99. The number of hydrogen-bond donors (Lipinski definition) is 0. The Bertz CT molecular complexity index is 25.7. The van der Waals surface area contributed by atoms with Crippen molar-refractivity contribution in [2.45, 2.75) is 6.92 Å². The van der Waals surface area contributed by atoms with E-state index in [2.05, 4.69) is 25.7 Å². The van der Waals surface area contributed by atoms with Gasteiger partial charge >= 0.3 is 0 Å². The van der Waals surface area contributed by atoms with Crippen LogP contribution in [0, 0.1) is 13.8 Å². The van der Waals surface area contributed by atoms with Crippen molar-refractivity contribution in [2.24, 2.45) is 0 Å². The molecule has 0 rings (SSSR count). The molecule has 40 valence electrons. The third-order valence-electron chi connectivity index (χ3n) is 1.08. The molecule has 0 aromatic rings. The molecule has 0 spiro atoms. The predicted octanol–water partition coefficient (Wildman–Crippen LogP) is 0.976. The summed E-state index contributed by atoms with van der Waals surface area (Å²) >= 11 is 0. The van der Waals surface area contributed by atoms with Gasteiger partial charge in [-0.15, -0.1) is 0 Å². The molecule has 0 amide bonds. The highest BCUT2D eigenvalue weighted by Crippen LogP contribution is 1.80. The van der Waals surface area contributed by atoms with E-state index < -0.39 is 0 Å². The van der Waals surface area contributed by atoms with Gasteiger partial charge in [-0.05, 0) is 0 Å². The van der Waals surface area contributed by atoms with E-state index >= 15 is 0 Å². The maximum atomic E-state index is 3.71. The van der Waals surface area contributed by atoms with Gasteiger partial charge in [0.25, 0.3) is 0 Å². The van der Waals surface area contributed by atoms with E-state index in [9.17, 15) is 0 Å². The van der Waals surface area contributed by atoms with Crippen molar-refractivity contribution in [3.63, 3.8) is 0 Å². The van der Waals surface area contributed by atoms with Gasteiger partial charge in [-0.3, -0.25) is 0 Å². The summed E-state index contributed by atoms with van der Waals surface area (Å²) in [6, 6.07) is 0. The molecule has 0 atom stereocenters. The molecule has 0 heterocycles. The molecule has 1 heteroatoms. The van der Waals surface area contributed by atoms with Gasteiger partial charge in [0.15, 0.2) is 0 Å². The second-order valence-corrected chi connectivity index (χ2v) is 1.43.